The summed E-state index contributed by atoms with van der Waals surface area (Å²) in [5.74, 6) is 4.60. The van der Waals surface area contributed by atoms with Gasteiger partial charge in [0.2, 0.25) is 0 Å². The summed E-state index contributed by atoms with van der Waals surface area (Å²) in [5.41, 5.74) is 8.16. The Morgan fingerprint density at radius 1 is 0.305 bits per heavy atom. The highest BCUT2D eigenvalue weighted by atomic mass is 32.1. The molecule has 8 nitrogen and oxygen atoms in total. The number of benzene rings is 6. The van der Waals surface area contributed by atoms with E-state index in [2.05, 4.69) is 131 Å². The smallest absolute Gasteiger partial charge is 0.179 e. The van der Waals surface area contributed by atoms with E-state index < -0.39 is 0 Å². The summed E-state index contributed by atoms with van der Waals surface area (Å²) < 4.78 is 33.4. The number of thiophene rings is 1. The number of hydrogen-bond acceptors (Lipinski definition) is 9. The van der Waals surface area contributed by atoms with E-state index in [0.29, 0.717) is 11.5 Å². The van der Waals surface area contributed by atoms with Gasteiger partial charge in [-0.3, -0.25) is 0 Å². The van der Waals surface area contributed by atoms with Crippen LogP contribution in [0.4, 0.5) is 34.1 Å². The molecule has 298 valence electrons. The predicted octanol–water partition coefficient (Wildman–Crippen LogP) is 13.1. The zero-order chi connectivity index (χ0) is 41.1. The third kappa shape index (κ3) is 9.22. The molecule has 1 heterocycles. The minimum atomic E-state index is 0.695. The lowest BCUT2D eigenvalue weighted by Gasteiger charge is -2.26. The highest BCUT2D eigenvalue weighted by molar-refractivity contribution is 7.14. The average Bonchev–Trinajstić information content (AvgIpc) is 3.65. The third-order valence-corrected chi connectivity index (χ3v) is 10.8. The number of hydrogen-bond donors (Lipinski definition) is 0. The number of anilines is 6. The quantitative estimate of drug-likeness (QED) is 0.0957. The van der Waals surface area contributed by atoms with Crippen LogP contribution < -0.4 is 38.2 Å². The van der Waals surface area contributed by atoms with E-state index >= 15 is 0 Å². The Hall–Kier alpha value is -7.10. The number of nitrogens with zero attached hydrogens (tertiary/aromatic N) is 2. The first-order valence-corrected chi connectivity index (χ1v) is 19.7. The molecule has 0 bridgehead atoms. The van der Waals surface area contributed by atoms with Crippen LogP contribution in [0, 0.1) is 0 Å². The van der Waals surface area contributed by atoms with Crippen molar-refractivity contribution in [3.05, 3.63) is 166 Å². The summed E-state index contributed by atoms with van der Waals surface area (Å²) in [6, 6.07) is 49.0. The highest BCUT2D eigenvalue weighted by Crippen LogP contribution is 2.44. The molecule has 0 spiro atoms. The van der Waals surface area contributed by atoms with Crippen LogP contribution in [0.25, 0.3) is 24.3 Å². The number of ether oxygens (including phenoxy) is 6. The molecule has 0 amide bonds. The molecule has 1 aromatic heterocycles. The second-order valence-corrected chi connectivity index (χ2v) is 14.3. The molecule has 59 heavy (non-hydrogen) atoms. The van der Waals surface area contributed by atoms with Crippen LogP contribution in [-0.4, -0.2) is 42.7 Å². The summed E-state index contributed by atoms with van der Waals surface area (Å²) in [6.45, 7) is 0. The minimum Gasteiger partial charge on any atom is -0.497 e. The van der Waals surface area contributed by atoms with E-state index in [4.69, 9.17) is 28.4 Å². The van der Waals surface area contributed by atoms with Crippen LogP contribution in [0.1, 0.15) is 20.9 Å². The van der Waals surface area contributed by atoms with Crippen molar-refractivity contribution in [2.45, 2.75) is 0 Å². The fraction of sp³-hybridized carbons (Fsp3) is 0.120. The number of rotatable bonds is 16. The first-order chi connectivity index (χ1) is 28.9. The van der Waals surface area contributed by atoms with Crippen molar-refractivity contribution in [3.63, 3.8) is 0 Å². The van der Waals surface area contributed by atoms with Crippen LogP contribution in [0.2, 0.25) is 0 Å². The van der Waals surface area contributed by atoms with Crippen molar-refractivity contribution < 1.29 is 28.4 Å². The van der Waals surface area contributed by atoms with E-state index in [1.54, 1.807) is 54.0 Å². The predicted molar refractivity (Wildman–Crippen MR) is 244 cm³/mol. The Labute approximate surface area is 350 Å². The summed E-state index contributed by atoms with van der Waals surface area (Å²) in [4.78, 5) is 6.31. The summed E-state index contributed by atoms with van der Waals surface area (Å²) >= 11 is 1.61. The fourth-order valence-electron chi connectivity index (χ4n) is 6.67. The van der Waals surface area contributed by atoms with Crippen LogP contribution in [0.3, 0.4) is 0 Å². The normalized spacial score (nSPS) is 11.1. The van der Waals surface area contributed by atoms with Gasteiger partial charge >= 0.3 is 0 Å². The second-order valence-electron chi connectivity index (χ2n) is 13.2. The Balaban J connectivity index is 1.11. The molecule has 0 fully saturated rings. The van der Waals surface area contributed by atoms with Crippen molar-refractivity contribution in [1.29, 1.82) is 0 Å². The lowest BCUT2D eigenvalue weighted by Crippen LogP contribution is -2.09. The topological polar surface area (TPSA) is 61.9 Å². The SMILES string of the molecule is COc1ccc(N(c2ccc(/C=C/c3sc(/C=C/c4ccc(N(c5ccc(OC)cc5)c5ccc(OC)cc5)cc4)c(OC)c3OC)cc2)c2ccc(OC)cc2)cc1. The van der Waals surface area contributed by atoms with Crippen molar-refractivity contribution >= 4 is 69.8 Å². The standard InChI is InChI=1S/C50H46N2O6S/c1-53-43-25-17-39(18-26-43)51(40-19-27-44(54-2)28-20-40)37-13-7-35(8-14-37)11-33-47-49(57-5)50(58-6)48(59-47)34-12-36-9-15-38(16-10-36)52(41-21-29-45(55-3)30-22-41)42-23-31-46(56-4)32-24-42/h7-34H,1-6H3/b33-11+,34-12+. The van der Waals surface area contributed by atoms with Gasteiger partial charge in [-0.25, -0.2) is 0 Å². The molecule has 0 aliphatic rings. The fourth-order valence-corrected chi connectivity index (χ4v) is 7.72. The summed E-state index contributed by atoms with van der Waals surface area (Å²) in [6.07, 6.45) is 8.33. The van der Waals surface area contributed by atoms with E-state index in [1.807, 2.05) is 48.5 Å². The average molecular weight is 803 g/mol. The molecule has 0 saturated carbocycles. The van der Waals surface area contributed by atoms with Crippen molar-refractivity contribution in [2.75, 3.05) is 52.5 Å². The first-order valence-electron chi connectivity index (χ1n) is 18.9. The molecule has 7 aromatic rings. The molecule has 6 aromatic carbocycles. The van der Waals surface area contributed by atoms with Gasteiger partial charge in [-0.15, -0.1) is 11.3 Å². The third-order valence-electron chi connectivity index (χ3n) is 9.76. The van der Waals surface area contributed by atoms with Gasteiger partial charge in [0.05, 0.1) is 52.4 Å². The Bertz CT molecular complexity index is 2210. The molecule has 0 aliphatic carbocycles. The number of methoxy groups -OCH3 is 6. The van der Waals surface area contributed by atoms with Gasteiger partial charge in [0, 0.05) is 34.1 Å². The largest absolute Gasteiger partial charge is 0.497 e. The van der Waals surface area contributed by atoms with E-state index in [-0.39, 0.29) is 0 Å². The zero-order valence-electron chi connectivity index (χ0n) is 33.9. The highest BCUT2D eigenvalue weighted by Gasteiger charge is 2.18. The van der Waals surface area contributed by atoms with E-state index in [0.717, 1.165) is 78.0 Å². The van der Waals surface area contributed by atoms with Crippen molar-refractivity contribution in [2.24, 2.45) is 0 Å². The summed E-state index contributed by atoms with van der Waals surface area (Å²) in [5, 5.41) is 0. The van der Waals surface area contributed by atoms with Crippen molar-refractivity contribution in [3.8, 4) is 34.5 Å². The van der Waals surface area contributed by atoms with Gasteiger partial charge < -0.3 is 38.2 Å². The molecular weight excluding hydrogens is 757 g/mol. The molecule has 0 unspecified atom stereocenters. The Morgan fingerprint density at radius 3 is 0.763 bits per heavy atom. The molecule has 0 atom stereocenters. The maximum absolute atomic E-state index is 5.88. The molecule has 0 N–H and O–H groups in total. The maximum Gasteiger partial charge on any atom is 0.179 e. The van der Waals surface area contributed by atoms with Gasteiger partial charge in [0.15, 0.2) is 11.5 Å². The van der Waals surface area contributed by atoms with Gasteiger partial charge in [0.25, 0.3) is 0 Å². The maximum atomic E-state index is 5.88. The lowest BCUT2D eigenvalue weighted by molar-refractivity contribution is 0.357. The Kier molecular flexibility index (Phi) is 12.8. The Morgan fingerprint density at radius 2 is 0.542 bits per heavy atom. The van der Waals surface area contributed by atoms with Crippen LogP contribution >= 0.6 is 11.3 Å². The minimum absolute atomic E-state index is 0.695. The van der Waals surface area contributed by atoms with Crippen molar-refractivity contribution in [1.82, 2.24) is 0 Å². The van der Waals surface area contributed by atoms with E-state index in [9.17, 15) is 0 Å². The molecule has 0 aliphatic heterocycles. The zero-order valence-corrected chi connectivity index (χ0v) is 34.7. The monoisotopic (exact) mass is 802 g/mol. The van der Waals surface area contributed by atoms with Crippen LogP contribution in [0.15, 0.2) is 146 Å². The van der Waals surface area contributed by atoms with Crippen LogP contribution in [-0.2, 0) is 0 Å². The lowest BCUT2D eigenvalue weighted by atomic mass is 10.1. The van der Waals surface area contributed by atoms with Gasteiger partial charge in [-0.2, -0.15) is 0 Å². The van der Waals surface area contributed by atoms with Gasteiger partial charge in [-0.05, 0) is 145 Å². The van der Waals surface area contributed by atoms with E-state index in [1.165, 1.54) is 0 Å². The molecular formula is C50H46N2O6S. The molecule has 9 heteroatoms. The molecule has 7 rings (SSSR count). The van der Waals surface area contributed by atoms with Crippen LogP contribution in [0.5, 0.6) is 34.5 Å². The summed E-state index contributed by atoms with van der Waals surface area (Å²) in [7, 11) is 10.0. The molecule has 0 radical (unpaired) electrons. The second kappa shape index (κ2) is 18.9. The first kappa shape index (κ1) is 40.1. The van der Waals surface area contributed by atoms with Gasteiger partial charge in [-0.1, -0.05) is 36.4 Å². The van der Waals surface area contributed by atoms with Gasteiger partial charge in [0.1, 0.15) is 23.0 Å². The molecule has 0 saturated heterocycles.